The van der Waals surface area contributed by atoms with Crippen LogP contribution in [0.25, 0.3) is 83.2 Å². The van der Waals surface area contributed by atoms with Gasteiger partial charge >= 0.3 is 0 Å². The molecule has 9 aromatic rings. The maximum absolute atomic E-state index is 5.16. The second-order valence-corrected chi connectivity index (χ2v) is 11.7. The van der Waals surface area contributed by atoms with E-state index in [4.69, 9.17) is 9.97 Å². The monoisotopic (exact) mass is 600 g/mol. The van der Waals surface area contributed by atoms with Crippen molar-refractivity contribution in [3.05, 3.63) is 170 Å². The standard InChI is InChI=1S/C43H28N4/c1-2-11-31(12-3-1)43-42-37-16-6-7-18-40(37)47(41(42)23-25-45-43)34-21-19-30(20-22-34)38-26-33(27-39(46-38)32-14-9-24-44-28-32)36-17-8-13-29-10-4-5-15-35(29)36/h1-28H. The van der Waals surface area contributed by atoms with Gasteiger partial charge in [0, 0.05) is 51.7 Å². The summed E-state index contributed by atoms with van der Waals surface area (Å²) in [6.07, 6.45) is 5.59. The van der Waals surface area contributed by atoms with Gasteiger partial charge in [-0.25, -0.2) is 4.98 Å². The number of benzene rings is 5. The van der Waals surface area contributed by atoms with E-state index in [1.807, 2.05) is 24.5 Å². The normalized spacial score (nSPS) is 11.4. The Balaban J connectivity index is 1.20. The van der Waals surface area contributed by atoms with Crippen LogP contribution in [0.4, 0.5) is 0 Å². The van der Waals surface area contributed by atoms with Crippen molar-refractivity contribution in [2.45, 2.75) is 0 Å². The van der Waals surface area contributed by atoms with Crippen LogP contribution in [0, 0.1) is 0 Å². The van der Waals surface area contributed by atoms with Crippen LogP contribution >= 0.6 is 0 Å². The summed E-state index contributed by atoms with van der Waals surface area (Å²) in [6.45, 7) is 0. The summed E-state index contributed by atoms with van der Waals surface area (Å²) >= 11 is 0. The van der Waals surface area contributed by atoms with Crippen molar-refractivity contribution in [3.63, 3.8) is 0 Å². The summed E-state index contributed by atoms with van der Waals surface area (Å²) in [4.78, 5) is 14.4. The molecule has 0 bridgehead atoms. The SMILES string of the molecule is c1ccc(-c2nccc3c2c2ccccc2n3-c2ccc(-c3cc(-c4cccc5ccccc45)cc(-c4cccnc4)n3)cc2)cc1. The molecule has 0 aliphatic heterocycles. The maximum Gasteiger partial charge on any atom is 0.0802 e. The first-order valence-corrected chi connectivity index (χ1v) is 15.8. The molecule has 0 amide bonds. The van der Waals surface area contributed by atoms with Crippen LogP contribution in [0.15, 0.2) is 170 Å². The molecule has 0 unspecified atom stereocenters. The number of nitrogens with zero attached hydrogens (tertiary/aromatic N) is 4. The van der Waals surface area contributed by atoms with Gasteiger partial charge in [-0.05, 0) is 70.4 Å². The van der Waals surface area contributed by atoms with E-state index in [0.29, 0.717) is 0 Å². The summed E-state index contributed by atoms with van der Waals surface area (Å²) in [7, 11) is 0. The van der Waals surface area contributed by atoms with E-state index in [1.54, 1.807) is 6.20 Å². The van der Waals surface area contributed by atoms with Gasteiger partial charge in [-0.1, -0.05) is 103 Å². The molecule has 9 rings (SSSR count). The van der Waals surface area contributed by atoms with Gasteiger partial charge in [0.05, 0.1) is 28.1 Å². The smallest absolute Gasteiger partial charge is 0.0802 e. The van der Waals surface area contributed by atoms with E-state index in [0.717, 1.165) is 61.4 Å². The molecule has 4 aromatic heterocycles. The highest BCUT2D eigenvalue weighted by Crippen LogP contribution is 2.38. The Morgan fingerprint density at radius 2 is 1.19 bits per heavy atom. The summed E-state index contributed by atoms with van der Waals surface area (Å²) in [6, 6.07) is 53.3. The lowest BCUT2D eigenvalue weighted by atomic mass is 9.96. The first kappa shape index (κ1) is 27.0. The fraction of sp³-hybridized carbons (Fsp3) is 0. The third-order valence-electron chi connectivity index (χ3n) is 8.94. The minimum Gasteiger partial charge on any atom is -0.309 e. The highest BCUT2D eigenvalue weighted by Gasteiger charge is 2.17. The summed E-state index contributed by atoms with van der Waals surface area (Å²) in [5, 5.41) is 4.77. The third-order valence-corrected chi connectivity index (χ3v) is 8.94. The largest absolute Gasteiger partial charge is 0.309 e. The first-order valence-electron chi connectivity index (χ1n) is 15.8. The van der Waals surface area contributed by atoms with Crippen LogP contribution in [0.1, 0.15) is 0 Å². The summed E-state index contributed by atoms with van der Waals surface area (Å²) < 4.78 is 2.34. The fourth-order valence-electron chi connectivity index (χ4n) is 6.76. The average molecular weight is 601 g/mol. The van der Waals surface area contributed by atoms with Crippen LogP contribution < -0.4 is 0 Å². The van der Waals surface area contributed by atoms with Crippen molar-refractivity contribution in [2.24, 2.45) is 0 Å². The first-order chi connectivity index (χ1) is 23.3. The number of para-hydroxylation sites is 1. The average Bonchev–Trinajstić information content (AvgIpc) is 3.50. The summed E-state index contributed by atoms with van der Waals surface area (Å²) in [5.41, 5.74) is 11.6. The molecule has 5 aromatic carbocycles. The van der Waals surface area contributed by atoms with E-state index in [1.165, 1.54) is 21.7 Å². The molecule has 0 aliphatic carbocycles. The second kappa shape index (κ2) is 11.2. The Morgan fingerprint density at radius 3 is 2.02 bits per heavy atom. The highest BCUT2D eigenvalue weighted by molar-refractivity contribution is 6.14. The highest BCUT2D eigenvalue weighted by atomic mass is 15.0. The molecule has 4 nitrogen and oxygen atoms in total. The molecule has 0 spiro atoms. The van der Waals surface area contributed by atoms with Crippen LogP contribution in [-0.2, 0) is 0 Å². The number of hydrogen-bond acceptors (Lipinski definition) is 3. The zero-order valence-electron chi connectivity index (χ0n) is 25.5. The molecule has 0 fully saturated rings. The van der Waals surface area contributed by atoms with E-state index in [-0.39, 0.29) is 0 Å². The minimum atomic E-state index is 0.894. The lowest BCUT2D eigenvalue weighted by Gasteiger charge is -2.13. The van der Waals surface area contributed by atoms with Crippen molar-refractivity contribution in [1.29, 1.82) is 0 Å². The molecule has 4 heteroatoms. The number of aromatic nitrogens is 4. The zero-order valence-corrected chi connectivity index (χ0v) is 25.5. The van der Waals surface area contributed by atoms with Crippen LogP contribution in [-0.4, -0.2) is 19.5 Å². The topological polar surface area (TPSA) is 43.6 Å². The molecular formula is C43H28N4. The number of pyridine rings is 3. The lowest BCUT2D eigenvalue weighted by molar-refractivity contribution is 1.17. The fourth-order valence-corrected chi connectivity index (χ4v) is 6.76. The maximum atomic E-state index is 5.16. The van der Waals surface area contributed by atoms with Crippen molar-refractivity contribution in [2.75, 3.05) is 0 Å². The Hall–Kier alpha value is -6.39. The van der Waals surface area contributed by atoms with E-state index in [9.17, 15) is 0 Å². The quantitative estimate of drug-likeness (QED) is 0.197. The summed E-state index contributed by atoms with van der Waals surface area (Å²) in [5.74, 6) is 0. The van der Waals surface area contributed by atoms with Gasteiger partial charge in [0.25, 0.3) is 0 Å². The molecule has 0 N–H and O–H groups in total. The van der Waals surface area contributed by atoms with Crippen molar-refractivity contribution in [1.82, 2.24) is 19.5 Å². The van der Waals surface area contributed by atoms with Gasteiger partial charge < -0.3 is 4.57 Å². The molecule has 47 heavy (non-hydrogen) atoms. The molecule has 0 saturated carbocycles. The Labute approximate surface area is 272 Å². The molecule has 220 valence electrons. The Bertz CT molecular complexity index is 2550. The number of fused-ring (bicyclic) bond motifs is 4. The number of hydrogen-bond donors (Lipinski definition) is 0. The van der Waals surface area contributed by atoms with Crippen LogP contribution in [0.2, 0.25) is 0 Å². The lowest BCUT2D eigenvalue weighted by Crippen LogP contribution is -1.95. The van der Waals surface area contributed by atoms with Gasteiger partial charge in [-0.2, -0.15) is 0 Å². The van der Waals surface area contributed by atoms with Gasteiger partial charge in [0.1, 0.15) is 0 Å². The van der Waals surface area contributed by atoms with E-state index in [2.05, 4.69) is 149 Å². The molecule has 0 aliphatic rings. The second-order valence-electron chi connectivity index (χ2n) is 11.7. The van der Waals surface area contributed by atoms with E-state index >= 15 is 0 Å². The van der Waals surface area contributed by atoms with E-state index < -0.39 is 0 Å². The van der Waals surface area contributed by atoms with Crippen molar-refractivity contribution in [3.8, 4) is 50.6 Å². The van der Waals surface area contributed by atoms with Gasteiger partial charge in [-0.15, -0.1) is 0 Å². The van der Waals surface area contributed by atoms with Crippen molar-refractivity contribution >= 4 is 32.6 Å². The predicted molar refractivity (Wildman–Crippen MR) is 193 cm³/mol. The Morgan fingerprint density at radius 1 is 0.468 bits per heavy atom. The number of rotatable bonds is 5. The zero-order chi connectivity index (χ0) is 31.2. The Kier molecular flexibility index (Phi) is 6.43. The van der Waals surface area contributed by atoms with Gasteiger partial charge in [-0.3, -0.25) is 9.97 Å². The third kappa shape index (κ3) is 4.66. The minimum absolute atomic E-state index is 0.894. The van der Waals surface area contributed by atoms with Crippen molar-refractivity contribution < 1.29 is 0 Å². The molecule has 0 atom stereocenters. The van der Waals surface area contributed by atoms with Gasteiger partial charge in [0.15, 0.2) is 0 Å². The van der Waals surface area contributed by atoms with Gasteiger partial charge in [0.2, 0.25) is 0 Å². The molecule has 0 radical (unpaired) electrons. The molecule has 0 saturated heterocycles. The van der Waals surface area contributed by atoms with Crippen LogP contribution in [0.5, 0.6) is 0 Å². The molecular weight excluding hydrogens is 573 g/mol. The predicted octanol–water partition coefficient (Wildman–Crippen LogP) is 10.8. The molecule has 4 heterocycles. The van der Waals surface area contributed by atoms with Crippen LogP contribution in [0.3, 0.4) is 0 Å².